The first kappa shape index (κ1) is 16.1. The van der Waals surface area contributed by atoms with E-state index in [9.17, 15) is 4.79 Å². The number of ether oxygens (including phenoxy) is 2. The first-order chi connectivity index (χ1) is 12.2. The average molecular weight is 341 g/mol. The van der Waals surface area contributed by atoms with Crippen LogP contribution in [0.15, 0.2) is 42.7 Å². The van der Waals surface area contributed by atoms with E-state index in [0.717, 1.165) is 25.7 Å². The minimum absolute atomic E-state index is 0.0239. The molecule has 2 fully saturated rings. The molecule has 0 spiro atoms. The fourth-order valence-electron chi connectivity index (χ4n) is 4.22. The number of rotatable bonds is 4. The lowest BCUT2D eigenvalue weighted by Gasteiger charge is -2.43. The number of hydrogen-bond acceptors (Lipinski definition) is 4. The Labute approximate surface area is 147 Å². The Morgan fingerprint density at radius 1 is 1.32 bits per heavy atom. The van der Waals surface area contributed by atoms with Gasteiger partial charge in [-0.2, -0.15) is 0 Å². The number of aromatic amines is 1. The molecule has 4 rings (SSSR count). The summed E-state index contributed by atoms with van der Waals surface area (Å²) in [6, 6.07) is 9.35. The van der Waals surface area contributed by atoms with E-state index in [-0.39, 0.29) is 23.7 Å². The largest absolute Gasteiger partial charge is 0.474 e. The summed E-state index contributed by atoms with van der Waals surface area (Å²) in [5, 5.41) is 0. The number of carbonyl (C=O) groups excluding carboxylic acids is 1. The van der Waals surface area contributed by atoms with E-state index < -0.39 is 0 Å². The molecule has 0 aromatic carbocycles. The lowest BCUT2D eigenvalue weighted by Crippen LogP contribution is -2.53. The molecule has 1 saturated heterocycles. The topological polar surface area (TPSA) is 67.5 Å². The van der Waals surface area contributed by atoms with Crippen LogP contribution in [0.4, 0.5) is 0 Å². The minimum Gasteiger partial charge on any atom is -0.474 e. The molecule has 0 unspecified atom stereocenters. The third-order valence-electron chi connectivity index (χ3n) is 5.56. The highest BCUT2D eigenvalue weighted by atomic mass is 16.5. The van der Waals surface area contributed by atoms with E-state index >= 15 is 0 Å². The number of pyridine rings is 1. The summed E-state index contributed by atoms with van der Waals surface area (Å²) < 4.78 is 12.0. The van der Waals surface area contributed by atoms with Gasteiger partial charge < -0.3 is 19.4 Å². The molecule has 2 aromatic heterocycles. The van der Waals surface area contributed by atoms with Crippen molar-refractivity contribution >= 4 is 5.91 Å². The van der Waals surface area contributed by atoms with Crippen molar-refractivity contribution in [3.05, 3.63) is 48.4 Å². The van der Waals surface area contributed by atoms with Gasteiger partial charge in [0.15, 0.2) is 0 Å². The number of likely N-dealkylation sites (tertiary alicyclic amines) is 1. The van der Waals surface area contributed by atoms with Gasteiger partial charge in [-0.15, -0.1) is 0 Å². The quantitative estimate of drug-likeness (QED) is 0.928. The predicted molar refractivity (Wildman–Crippen MR) is 92.5 cm³/mol. The molecule has 132 valence electrons. The normalized spacial score (nSPS) is 28.6. The van der Waals surface area contributed by atoms with Crippen molar-refractivity contribution in [3.63, 3.8) is 0 Å². The van der Waals surface area contributed by atoms with Crippen LogP contribution in [-0.2, 0) is 4.74 Å². The number of hydrogen-bond donors (Lipinski definition) is 1. The number of methoxy groups -OCH3 is 1. The van der Waals surface area contributed by atoms with Crippen LogP contribution in [0.1, 0.15) is 36.2 Å². The SMILES string of the molecule is CO[C@@]12CC[C@H](Oc3ccccn3)C[C@@H]1N(C(=O)c1ccc[nH]1)CC2. The van der Waals surface area contributed by atoms with Crippen molar-refractivity contribution in [2.45, 2.75) is 43.4 Å². The van der Waals surface area contributed by atoms with Crippen LogP contribution in [0, 0.1) is 0 Å². The highest BCUT2D eigenvalue weighted by Crippen LogP contribution is 2.43. The second kappa shape index (κ2) is 6.52. The first-order valence-electron chi connectivity index (χ1n) is 8.79. The smallest absolute Gasteiger partial charge is 0.270 e. The van der Waals surface area contributed by atoms with E-state index in [1.54, 1.807) is 19.5 Å². The molecule has 3 heterocycles. The Morgan fingerprint density at radius 3 is 2.96 bits per heavy atom. The lowest BCUT2D eigenvalue weighted by atomic mass is 9.79. The van der Waals surface area contributed by atoms with Crippen molar-refractivity contribution in [2.24, 2.45) is 0 Å². The minimum atomic E-state index is -0.258. The molecular weight excluding hydrogens is 318 g/mol. The number of nitrogens with one attached hydrogen (secondary N) is 1. The van der Waals surface area contributed by atoms with Gasteiger partial charge in [-0.05, 0) is 37.5 Å². The van der Waals surface area contributed by atoms with Crippen molar-refractivity contribution in [1.82, 2.24) is 14.9 Å². The third-order valence-corrected chi connectivity index (χ3v) is 5.56. The van der Waals surface area contributed by atoms with Crippen LogP contribution in [-0.4, -0.2) is 52.2 Å². The van der Waals surface area contributed by atoms with Crippen molar-refractivity contribution in [3.8, 4) is 5.88 Å². The monoisotopic (exact) mass is 341 g/mol. The van der Waals surface area contributed by atoms with Crippen molar-refractivity contribution in [2.75, 3.05) is 13.7 Å². The molecule has 25 heavy (non-hydrogen) atoms. The summed E-state index contributed by atoms with van der Waals surface area (Å²) in [7, 11) is 1.76. The lowest BCUT2D eigenvalue weighted by molar-refractivity contribution is -0.0788. The molecule has 3 atom stereocenters. The summed E-state index contributed by atoms with van der Waals surface area (Å²) in [6.07, 6.45) is 6.98. The predicted octanol–water partition coefficient (Wildman–Crippen LogP) is 2.64. The summed E-state index contributed by atoms with van der Waals surface area (Å²) in [5.41, 5.74) is 0.367. The standard InChI is InChI=1S/C19H23N3O3/c1-24-19-8-7-14(25-17-6-2-3-10-21-17)13-16(19)22(12-9-19)18(23)15-5-4-11-20-15/h2-6,10-11,14,16,20H,7-9,12-13H2,1H3/t14-,16-,19+/m0/s1. The van der Waals surface area contributed by atoms with Crippen LogP contribution in [0.25, 0.3) is 0 Å². The van der Waals surface area contributed by atoms with E-state index in [4.69, 9.17) is 9.47 Å². The van der Waals surface area contributed by atoms with Gasteiger partial charge in [0.1, 0.15) is 11.8 Å². The van der Waals surface area contributed by atoms with Gasteiger partial charge in [0.05, 0.1) is 11.6 Å². The maximum Gasteiger partial charge on any atom is 0.270 e. The van der Waals surface area contributed by atoms with Gasteiger partial charge in [-0.1, -0.05) is 6.07 Å². The van der Waals surface area contributed by atoms with E-state index in [2.05, 4.69) is 9.97 Å². The Kier molecular flexibility index (Phi) is 4.21. The molecule has 1 saturated carbocycles. The second-order valence-electron chi connectivity index (χ2n) is 6.80. The number of H-pyrrole nitrogens is 1. The van der Waals surface area contributed by atoms with Gasteiger partial charge >= 0.3 is 0 Å². The van der Waals surface area contributed by atoms with Gasteiger partial charge in [0.2, 0.25) is 5.88 Å². The molecule has 0 radical (unpaired) electrons. The zero-order valence-corrected chi connectivity index (χ0v) is 14.4. The number of amides is 1. The van der Waals surface area contributed by atoms with E-state index in [1.807, 2.05) is 35.2 Å². The zero-order valence-electron chi connectivity index (χ0n) is 14.4. The highest BCUT2D eigenvalue weighted by Gasteiger charge is 2.53. The molecule has 1 aliphatic heterocycles. The van der Waals surface area contributed by atoms with Crippen LogP contribution in [0.3, 0.4) is 0 Å². The van der Waals surface area contributed by atoms with E-state index in [0.29, 0.717) is 18.1 Å². The van der Waals surface area contributed by atoms with Crippen LogP contribution < -0.4 is 4.74 Å². The molecule has 6 nitrogen and oxygen atoms in total. The second-order valence-corrected chi connectivity index (χ2v) is 6.80. The van der Waals surface area contributed by atoms with Crippen molar-refractivity contribution < 1.29 is 14.3 Å². The third kappa shape index (κ3) is 2.91. The summed E-state index contributed by atoms with van der Waals surface area (Å²) in [5.74, 6) is 0.671. The Bertz CT molecular complexity index is 719. The molecule has 1 N–H and O–H groups in total. The summed E-state index contributed by atoms with van der Waals surface area (Å²) in [6.45, 7) is 0.715. The number of carbonyl (C=O) groups is 1. The Morgan fingerprint density at radius 2 is 2.24 bits per heavy atom. The molecule has 2 aromatic rings. The average Bonchev–Trinajstić information content (AvgIpc) is 3.30. The van der Waals surface area contributed by atoms with E-state index in [1.165, 1.54) is 0 Å². The van der Waals surface area contributed by atoms with Crippen LogP contribution in [0.2, 0.25) is 0 Å². The van der Waals surface area contributed by atoms with Gasteiger partial charge in [0.25, 0.3) is 5.91 Å². The highest BCUT2D eigenvalue weighted by molar-refractivity contribution is 5.93. The van der Waals surface area contributed by atoms with Gasteiger partial charge in [-0.3, -0.25) is 4.79 Å². The zero-order chi connectivity index (χ0) is 17.3. The van der Waals surface area contributed by atoms with Crippen LogP contribution in [0.5, 0.6) is 5.88 Å². The Balaban J connectivity index is 1.53. The maximum absolute atomic E-state index is 12.9. The summed E-state index contributed by atoms with van der Waals surface area (Å²) in [4.78, 5) is 22.1. The first-order valence-corrected chi connectivity index (χ1v) is 8.79. The fraction of sp³-hybridized carbons (Fsp3) is 0.474. The number of aromatic nitrogens is 2. The van der Waals surface area contributed by atoms with Gasteiger partial charge in [0, 0.05) is 38.5 Å². The number of fused-ring (bicyclic) bond motifs is 1. The molecule has 2 aliphatic rings. The molecular formula is C19H23N3O3. The number of nitrogens with zero attached hydrogens (tertiary/aromatic N) is 2. The molecule has 0 bridgehead atoms. The molecule has 1 aliphatic carbocycles. The Hall–Kier alpha value is -2.34. The molecule has 1 amide bonds. The van der Waals surface area contributed by atoms with Gasteiger partial charge in [-0.25, -0.2) is 4.98 Å². The summed E-state index contributed by atoms with van der Waals surface area (Å²) >= 11 is 0. The molecule has 6 heteroatoms. The maximum atomic E-state index is 12.9. The fourth-order valence-corrected chi connectivity index (χ4v) is 4.22. The van der Waals surface area contributed by atoms with Crippen LogP contribution >= 0.6 is 0 Å². The van der Waals surface area contributed by atoms with Crippen molar-refractivity contribution in [1.29, 1.82) is 0 Å².